The first-order chi connectivity index (χ1) is 15.8. The van der Waals surface area contributed by atoms with Gasteiger partial charge < -0.3 is 22.1 Å². The molecule has 0 heterocycles. The molecule has 0 bridgehead atoms. The molecule has 0 unspecified atom stereocenters. The topological polar surface area (TPSA) is 110 Å². The number of benzene rings is 3. The molecule has 12 heteroatoms. The fourth-order valence-corrected chi connectivity index (χ4v) is 3.02. The van der Waals surface area contributed by atoms with Crippen molar-refractivity contribution in [1.82, 2.24) is 0 Å². The maximum atomic E-state index is 13.2. The largest absolute Gasteiger partial charge is 0.417 e. The number of carbonyl (C=O) groups is 2. The Morgan fingerprint density at radius 3 is 1.21 bits per heavy atom. The Balaban J connectivity index is 1.76. The highest BCUT2D eigenvalue weighted by Crippen LogP contribution is 2.35. The standard InChI is InChI=1S/C22H16F6N4O2/c23-21(24,25)17-9-11(29)1-7-15(17)19(33)31-13-3-5-14(6-4-13)32-20(34)16-8-2-12(30)10-18(16)22(26,27)28/h1-10H,29-30H2,(H,31,33)(H,32,34). The van der Waals surface area contributed by atoms with Crippen LogP contribution < -0.4 is 22.1 Å². The molecule has 0 radical (unpaired) electrons. The Morgan fingerprint density at radius 1 is 0.588 bits per heavy atom. The van der Waals surface area contributed by atoms with Gasteiger partial charge in [0.25, 0.3) is 11.8 Å². The van der Waals surface area contributed by atoms with Crippen LogP contribution in [0, 0.1) is 0 Å². The van der Waals surface area contributed by atoms with E-state index >= 15 is 0 Å². The highest BCUT2D eigenvalue weighted by atomic mass is 19.4. The van der Waals surface area contributed by atoms with Crippen LogP contribution >= 0.6 is 0 Å². The molecular formula is C22H16F6N4O2. The monoisotopic (exact) mass is 482 g/mol. The Kier molecular flexibility index (Phi) is 6.44. The van der Waals surface area contributed by atoms with Crippen LogP contribution in [0.5, 0.6) is 0 Å². The number of hydrogen-bond acceptors (Lipinski definition) is 4. The number of anilines is 4. The summed E-state index contributed by atoms with van der Waals surface area (Å²) in [7, 11) is 0. The van der Waals surface area contributed by atoms with E-state index in [9.17, 15) is 35.9 Å². The van der Waals surface area contributed by atoms with E-state index in [2.05, 4.69) is 10.6 Å². The van der Waals surface area contributed by atoms with Gasteiger partial charge in [-0.15, -0.1) is 0 Å². The molecule has 3 rings (SSSR count). The minimum Gasteiger partial charge on any atom is -0.399 e. The molecule has 6 N–H and O–H groups in total. The Hall–Kier alpha value is -4.22. The van der Waals surface area contributed by atoms with Gasteiger partial charge in [-0.05, 0) is 60.7 Å². The third kappa shape index (κ3) is 5.57. The minimum atomic E-state index is -4.81. The average Bonchev–Trinajstić information content (AvgIpc) is 2.73. The third-order valence-electron chi connectivity index (χ3n) is 4.59. The number of nitrogens with two attached hydrogens (primary N) is 2. The van der Waals surface area contributed by atoms with Crippen LogP contribution in [0.25, 0.3) is 0 Å². The van der Waals surface area contributed by atoms with Crippen LogP contribution in [-0.2, 0) is 12.4 Å². The SMILES string of the molecule is Nc1ccc(C(=O)Nc2ccc(NC(=O)c3ccc(N)cc3C(F)(F)F)cc2)c(C(F)(F)F)c1. The van der Waals surface area contributed by atoms with E-state index in [0.29, 0.717) is 12.1 Å². The molecule has 34 heavy (non-hydrogen) atoms. The zero-order valence-corrected chi connectivity index (χ0v) is 17.0. The number of carbonyl (C=O) groups excluding carboxylic acids is 2. The lowest BCUT2D eigenvalue weighted by molar-refractivity contribution is -0.138. The van der Waals surface area contributed by atoms with E-state index in [1.165, 1.54) is 24.3 Å². The number of nitrogen functional groups attached to an aromatic ring is 2. The van der Waals surface area contributed by atoms with Crippen molar-refractivity contribution in [2.75, 3.05) is 22.1 Å². The number of nitrogens with one attached hydrogen (secondary N) is 2. The highest BCUT2D eigenvalue weighted by Gasteiger charge is 2.36. The molecule has 3 aromatic rings. The van der Waals surface area contributed by atoms with Gasteiger partial charge in [-0.25, -0.2) is 0 Å². The lowest BCUT2D eigenvalue weighted by Gasteiger charge is -2.15. The summed E-state index contributed by atoms with van der Waals surface area (Å²) in [4.78, 5) is 24.7. The van der Waals surface area contributed by atoms with Crippen molar-refractivity contribution >= 4 is 34.6 Å². The normalized spacial score (nSPS) is 11.7. The van der Waals surface area contributed by atoms with Gasteiger partial charge in [-0.3, -0.25) is 9.59 Å². The first-order valence-corrected chi connectivity index (χ1v) is 9.42. The zero-order valence-electron chi connectivity index (χ0n) is 17.0. The molecule has 2 amide bonds. The van der Waals surface area contributed by atoms with Crippen molar-refractivity contribution in [3.05, 3.63) is 82.9 Å². The lowest BCUT2D eigenvalue weighted by atomic mass is 10.0. The Bertz CT molecular complexity index is 1140. The molecule has 0 atom stereocenters. The van der Waals surface area contributed by atoms with Crippen LogP contribution in [0.1, 0.15) is 31.8 Å². The molecule has 0 spiro atoms. The van der Waals surface area contributed by atoms with Crippen molar-refractivity contribution in [2.45, 2.75) is 12.4 Å². The second-order valence-electron chi connectivity index (χ2n) is 7.09. The quantitative estimate of drug-likeness (QED) is 0.295. The Labute approximate surface area is 188 Å². The molecule has 0 saturated heterocycles. The predicted octanol–water partition coefficient (Wildman–Crippen LogP) is 5.39. The summed E-state index contributed by atoms with van der Waals surface area (Å²) in [6, 6.07) is 10.5. The van der Waals surface area contributed by atoms with Gasteiger partial charge >= 0.3 is 12.4 Å². The number of rotatable bonds is 4. The van der Waals surface area contributed by atoms with Crippen molar-refractivity contribution in [2.24, 2.45) is 0 Å². The van der Waals surface area contributed by atoms with Gasteiger partial charge in [-0.1, -0.05) is 0 Å². The number of halogens is 6. The molecule has 178 valence electrons. The molecule has 6 nitrogen and oxygen atoms in total. The summed E-state index contributed by atoms with van der Waals surface area (Å²) in [6.45, 7) is 0. The first-order valence-electron chi connectivity index (χ1n) is 9.42. The predicted molar refractivity (Wildman–Crippen MR) is 114 cm³/mol. The van der Waals surface area contributed by atoms with E-state index in [4.69, 9.17) is 11.5 Å². The maximum absolute atomic E-state index is 13.2. The third-order valence-corrected chi connectivity index (χ3v) is 4.59. The van der Waals surface area contributed by atoms with Crippen LogP contribution in [0.2, 0.25) is 0 Å². The van der Waals surface area contributed by atoms with Crippen molar-refractivity contribution in [3.63, 3.8) is 0 Å². The smallest absolute Gasteiger partial charge is 0.399 e. The van der Waals surface area contributed by atoms with Gasteiger partial charge in [0.2, 0.25) is 0 Å². The molecule has 0 aliphatic heterocycles. The second-order valence-corrected chi connectivity index (χ2v) is 7.09. The zero-order chi connectivity index (χ0) is 25.3. The highest BCUT2D eigenvalue weighted by molar-refractivity contribution is 6.07. The first kappa shape index (κ1) is 24.4. The van der Waals surface area contributed by atoms with E-state index < -0.39 is 46.4 Å². The fraction of sp³-hybridized carbons (Fsp3) is 0.0909. The number of alkyl halides is 6. The van der Waals surface area contributed by atoms with Gasteiger partial charge in [0.1, 0.15) is 0 Å². The molecule has 0 saturated carbocycles. The average molecular weight is 482 g/mol. The summed E-state index contributed by atoms with van der Waals surface area (Å²) in [5.41, 5.74) is 6.86. The van der Waals surface area contributed by atoms with E-state index in [1.54, 1.807) is 0 Å². The summed E-state index contributed by atoms with van der Waals surface area (Å²) in [6.07, 6.45) is -9.62. The molecule has 0 aromatic heterocycles. The second kappa shape index (κ2) is 8.96. The van der Waals surface area contributed by atoms with Crippen molar-refractivity contribution in [3.8, 4) is 0 Å². The summed E-state index contributed by atoms with van der Waals surface area (Å²) in [5, 5.41) is 4.57. The molecule has 0 aliphatic carbocycles. The van der Waals surface area contributed by atoms with Gasteiger partial charge in [0, 0.05) is 22.7 Å². The number of hydrogen-bond donors (Lipinski definition) is 4. The van der Waals surface area contributed by atoms with Gasteiger partial charge in [0.05, 0.1) is 22.3 Å². The van der Waals surface area contributed by atoms with Gasteiger partial charge in [0.15, 0.2) is 0 Å². The lowest BCUT2D eigenvalue weighted by Crippen LogP contribution is -2.19. The van der Waals surface area contributed by atoms with Crippen molar-refractivity contribution < 1.29 is 35.9 Å². The fourth-order valence-electron chi connectivity index (χ4n) is 3.02. The summed E-state index contributed by atoms with van der Waals surface area (Å²) < 4.78 is 79.3. The van der Waals surface area contributed by atoms with Crippen LogP contribution in [0.4, 0.5) is 49.1 Å². The van der Waals surface area contributed by atoms with Crippen LogP contribution in [0.15, 0.2) is 60.7 Å². The van der Waals surface area contributed by atoms with Crippen LogP contribution in [0.3, 0.4) is 0 Å². The Morgan fingerprint density at radius 2 is 0.912 bits per heavy atom. The number of amides is 2. The molecule has 0 fully saturated rings. The van der Waals surface area contributed by atoms with Crippen molar-refractivity contribution in [1.29, 1.82) is 0 Å². The summed E-state index contributed by atoms with van der Waals surface area (Å²) >= 11 is 0. The maximum Gasteiger partial charge on any atom is 0.417 e. The molecular weight excluding hydrogens is 466 g/mol. The van der Waals surface area contributed by atoms with Crippen LogP contribution in [-0.4, -0.2) is 11.8 Å². The minimum absolute atomic E-state index is 0.0800. The summed E-state index contributed by atoms with van der Waals surface area (Å²) in [5.74, 6) is -2.11. The van der Waals surface area contributed by atoms with E-state index in [0.717, 1.165) is 24.3 Å². The van der Waals surface area contributed by atoms with E-state index in [-0.39, 0.29) is 22.7 Å². The molecule has 0 aliphatic rings. The van der Waals surface area contributed by atoms with Gasteiger partial charge in [-0.2, -0.15) is 26.3 Å². The molecule has 3 aromatic carbocycles. The van der Waals surface area contributed by atoms with E-state index in [1.807, 2.05) is 0 Å².